The highest BCUT2D eigenvalue weighted by molar-refractivity contribution is 6.12. The van der Waals surface area contributed by atoms with Gasteiger partial charge in [-0.1, -0.05) is 95.1 Å². The highest BCUT2D eigenvalue weighted by Crippen LogP contribution is 2.52. The molecule has 1 aliphatic carbocycles. The lowest BCUT2D eigenvalue weighted by molar-refractivity contribution is -0.440. The molecule has 3 aliphatic rings. The maximum atomic E-state index is 14.1. The third-order valence-electron chi connectivity index (χ3n) is 11.0. The van der Waals surface area contributed by atoms with Crippen LogP contribution in [0.25, 0.3) is 21.5 Å². The number of benzene rings is 4. The summed E-state index contributed by atoms with van der Waals surface area (Å²) in [6, 6.07) is 26.1. The van der Waals surface area contributed by atoms with Gasteiger partial charge in [0.1, 0.15) is 12.3 Å². The van der Waals surface area contributed by atoms with E-state index in [2.05, 4.69) is 124 Å². The van der Waals surface area contributed by atoms with Gasteiger partial charge in [0, 0.05) is 47.8 Å². The lowest BCUT2D eigenvalue weighted by atomic mass is 9.71. The third kappa shape index (κ3) is 4.47. The number of allylic oxidation sites excluding steroid dienone is 4. The quantitative estimate of drug-likeness (QED) is 0.192. The number of carbonyl (C=O) groups is 1. The number of Topliss-reactive ketones (excluding diaryl/α,β-unsaturated/α-hetero) is 1. The lowest BCUT2D eigenvalue weighted by Crippen LogP contribution is -2.39. The molecule has 4 aromatic rings. The number of aliphatic hydroxyl groups excluding tert-OH is 1. The van der Waals surface area contributed by atoms with Crippen molar-refractivity contribution >= 4 is 44.4 Å². The summed E-state index contributed by atoms with van der Waals surface area (Å²) in [5, 5.41) is 16.7. The van der Waals surface area contributed by atoms with Crippen molar-refractivity contribution in [3.8, 4) is 0 Å². The van der Waals surface area contributed by atoms with E-state index in [0.29, 0.717) is 12.0 Å². The van der Waals surface area contributed by atoms with Gasteiger partial charge in [0.2, 0.25) is 5.69 Å². The Morgan fingerprint density at radius 2 is 1.43 bits per heavy atom. The number of fused-ring (bicyclic) bond motifs is 6. The summed E-state index contributed by atoms with van der Waals surface area (Å²) in [6.07, 6.45) is 6.85. The molecule has 0 aromatic heterocycles. The van der Waals surface area contributed by atoms with Gasteiger partial charge in [-0.05, 0) is 65.6 Å². The molecule has 0 spiro atoms. The molecule has 0 bridgehead atoms. The Hall–Kier alpha value is -4.18. The fourth-order valence-electron chi connectivity index (χ4n) is 8.47. The van der Waals surface area contributed by atoms with Gasteiger partial charge in [0.05, 0.1) is 16.9 Å². The van der Waals surface area contributed by atoms with Gasteiger partial charge in [-0.25, -0.2) is 0 Å². The number of unbranched alkanes of at least 4 members (excludes halogenated alkanes) is 2. The first-order chi connectivity index (χ1) is 22.1. The maximum Gasteiger partial charge on any atom is 0.210 e. The topological polar surface area (TPSA) is 43.5 Å². The predicted molar refractivity (Wildman–Crippen MR) is 192 cm³/mol. The molecule has 0 amide bonds. The molecule has 4 aromatic carbocycles. The molecule has 1 N–H and O–H groups in total. The zero-order valence-electron chi connectivity index (χ0n) is 28.3. The average molecular weight is 612 g/mol. The van der Waals surface area contributed by atoms with Gasteiger partial charge in [-0.3, -0.25) is 4.79 Å². The number of aliphatic hydroxyl groups is 1. The molecule has 0 saturated heterocycles. The number of anilines is 1. The number of nitrogens with zero attached hydrogens (tertiary/aromatic N) is 2. The first-order valence-electron chi connectivity index (χ1n) is 17.3. The third-order valence-corrected chi connectivity index (χ3v) is 11.0. The Morgan fingerprint density at radius 1 is 0.804 bits per heavy atom. The number of ketones is 1. The molecule has 4 heteroatoms. The van der Waals surface area contributed by atoms with Crippen LogP contribution in [-0.2, 0) is 15.6 Å². The predicted octanol–water partition coefficient (Wildman–Crippen LogP) is 10.1. The van der Waals surface area contributed by atoms with E-state index in [9.17, 15) is 9.90 Å². The smallest absolute Gasteiger partial charge is 0.210 e. The van der Waals surface area contributed by atoms with E-state index in [0.717, 1.165) is 44.5 Å². The van der Waals surface area contributed by atoms with E-state index >= 15 is 0 Å². The largest absolute Gasteiger partial charge is 0.511 e. The van der Waals surface area contributed by atoms with Gasteiger partial charge in [-0.15, -0.1) is 0 Å². The number of hydrogen-bond acceptors (Lipinski definition) is 3. The van der Waals surface area contributed by atoms with Crippen LogP contribution in [0.3, 0.4) is 0 Å². The SMILES string of the molecule is CCCCN1/C(=C\C2=C(O)C(CC3=[N+](CCCC)c4ccc5ccccc5c4C3(C)C)C2=O)C(C)(C)c2c1ccc1ccccc21. The van der Waals surface area contributed by atoms with Crippen LogP contribution in [-0.4, -0.2) is 34.3 Å². The van der Waals surface area contributed by atoms with Crippen LogP contribution < -0.4 is 4.90 Å². The second-order valence-corrected chi connectivity index (χ2v) is 14.5. The summed E-state index contributed by atoms with van der Waals surface area (Å²) in [5.41, 5.74) is 7.32. The molecule has 0 saturated carbocycles. The summed E-state index contributed by atoms with van der Waals surface area (Å²) in [4.78, 5) is 16.5. The Bertz CT molecular complexity index is 1990. The zero-order valence-corrected chi connectivity index (χ0v) is 28.3. The minimum Gasteiger partial charge on any atom is -0.511 e. The highest BCUT2D eigenvalue weighted by Gasteiger charge is 2.51. The molecular weight excluding hydrogens is 564 g/mol. The van der Waals surface area contributed by atoms with Crippen LogP contribution in [0, 0.1) is 5.92 Å². The van der Waals surface area contributed by atoms with Crippen LogP contribution in [0.5, 0.6) is 0 Å². The fraction of sp³-hybridized carbons (Fsp3) is 0.381. The molecular formula is C42H47N2O2+. The second kappa shape index (κ2) is 11.3. The van der Waals surface area contributed by atoms with E-state index in [1.165, 1.54) is 49.8 Å². The van der Waals surface area contributed by atoms with Gasteiger partial charge in [0.15, 0.2) is 11.5 Å². The monoisotopic (exact) mass is 611 g/mol. The number of hydrogen-bond donors (Lipinski definition) is 1. The van der Waals surface area contributed by atoms with Gasteiger partial charge < -0.3 is 10.0 Å². The molecule has 236 valence electrons. The molecule has 2 heterocycles. The summed E-state index contributed by atoms with van der Waals surface area (Å²) in [5.74, 6) is -0.219. The van der Waals surface area contributed by atoms with Crippen LogP contribution in [0.15, 0.2) is 95.9 Å². The van der Waals surface area contributed by atoms with Crippen molar-refractivity contribution < 1.29 is 14.5 Å². The highest BCUT2D eigenvalue weighted by atomic mass is 16.3. The molecule has 0 fully saturated rings. The molecule has 1 atom stereocenters. The standard InChI is InChI=1S/C42H46N2O2/c1-7-9-23-43-33-21-19-27-15-11-13-17-29(27)37(33)41(3,4)35(43)25-31-39(45)32(40(31)46)26-36-42(5,6)38-30-18-14-12-16-28(30)20-22-34(38)44(36)24-10-8-2/h11-22,25,32H,7-10,23-24,26H2,1-6H3/p+1/b35-25-. The van der Waals surface area contributed by atoms with Crippen LogP contribution in [0.2, 0.25) is 0 Å². The Labute approximate surface area is 273 Å². The molecule has 7 rings (SSSR count). The molecule has 46 heavy (non-hydrogen) atoms. The summed E-state index contributed by atoms with van der Waals surface area (Å²) in [6.45, 7) is 15.3. The van der Waals surface area contributed by atoms with Crippen LogP contribution >= 0.6 is 0 Å². The summed E-state index contributed by atoms with van der Waals surface area (Å²) >= 11 is 0. The van der Waals surface area contributed by atoms with E-state index in [1.807, 2.05) is 6.08 Å². The molecule has 4 nitrogen and oxygen atoms in total. The number of rotatable bonds is 9. The molecule has 0 radical (unpaired) electrons. The maximum absolute atomic E-state index is 14.1. The van der Waals surface area contributed by atoms with Crippen molar-refractivity contribution in [1.82, 2.24) is 0 Å². The minimum atomic E-state index is -0.511. The van der Waals surface area contributed by atoms with Crippen molar-refractivity contribution in [3.63, 3.8) is 0 Å². The first kappa shape index (κ1) is 30.5. The number of carbonyl (C=O) groups excluding carboxylic acids is 1. The van der Waals surface area contributed by atoms with E-state index in [1.54, 1.807) is 0 Å². The lowest BCUT2D eigenvalue weighted by Gasteiger charge is -2.32. The Morgan fingerprint density at radius 3 is 2.09 bits per heavy atom. The molecule has 1 unspecified atom stereocenters. The Balaban J connectivity index is 1.28. The van der Waals surface area contributed by atoms with Crippen molar-refractivity contribution in [2.24, 2.45) is 5.92 Å². The van der Waals surface area contributed by atoms with Crippen molar-refractivity contribution in [2.45, 2.75) is 84.5 Å². The van der Waals surface area contributed by atoms with Gasteiger partial charge >= 0.3 is 0 Å². The normalized spacial score (nSPS) is 20.7. The van der Waals surface area contributed by atoms with Crippen LogP contribution in [0.1, 0.15) is 84.8 Å². The first-order valence-corrected chi connectivity index (χ1v) is 17.3. The Kier molecular flexibility index (Phi) is 7.46. The van der Waals surface area contributed by atoms with E-state index in [-0.39, 0.29) is 22.4 Å². The summed E-state index contributed by atoms with van der Waals surface area (Å²) in [7, 11) is 0. The molecule has 2 aliphatic heterocycles. The van der Waals surface area contributed by atoms with E-state index < -0.39 is 5.92 Å². The van der Waals surface area contributed by atoms with Crippen molar-refractivity contribution in [2.75, 3.05) is 18.0 Å². The van der Waals surface area contributed by atoms with Crippen molar-refractivity contribution in [3.05, 3.63) is 107 Å². The average Bonchev–Trinajstić information content (AvgIpc) is 3.41. The second-order valence-electron chi connectivity index (χ2n) is 14.5. The minimum absolute atomic E-state index is 0.0524. The van der Waals surface area contributed by atoms with Gasteiger partial charge in [0.25, 0.3) is 0 Å². The zero-order chi connectivity index (χ0) is 32.4. The van der Waals surface area contributed by atoms with E-state index in [4.69, 9.17) is 0 Å². The van der Waals surface area contributed by atoms with Crippen LogP contribution in [0.4, 0.5) is 11.4 Å². The van der Waals surface area contributed by atoms with Crippen molar-refractivity contribution in [1.29, 1.82) is 0 Å². The fourth-order valence-corrected chi connectivity index (χ4v) is 8.47. The van der Waals surface area contributed by atoms with Gasteiger partial charge in [-0.2, -0.15) is 4.58 Å². The summed E-state index contributed by atoms with van der Waals surface area (Å²) < 4.78 is 2.45.